The zero-order valence-electron chi connectivity index (χ0n) is 11.0. The summed E-state index contributed by atoms with van der Waals surface area (Å²) in [6, 6.07) is 0. The minimum absolute atomic E-state index is 0.830. The molecule has 1 rings (SSSR count). The van der Waals surface area contributed by atoms with Crippen molar-refractivity contribution < 1.29 is 0 Å². The van der Waals surface area contributed by atoms with Crippen LogP contribution in [0, 0.1) is 6.92 Å². The number of aromatic nitrogens is 2. The van der Waals surface area contributed by atoms with Crippen LogP contribution in [0.2, 0.25) is 0 Å². The molecule has 0 saturated carbocycles. The molecule has 1 aromatic rings. The summed E-state index contributed by atoms with van der Waals surface area (Å²) in [4.78, 5) is 4.43. The molecule has 96 valence electrons. The second-order valence-corrected chi connectivity index (χ2v) is 3.97. The summed E-state index contributed by atoms with van der Waals surface area (Å²) in [5, 5.41) is 10.7. The number of nitrogens with zero attached hydrogens (tertiary/aromatic N) is 3. The van der Waals surface area contributed by atoms with E-state index >= 15 is 0 Å². The Bertz CT molecular complexity index is 342. The molecular weight excluding hydrogens is 214 g/mol. The topological polar surface area (TPSA) is 54.2 Å². The van der Waals surface area contributed by atoms with Gasteiger partial charge in [-0.2, -0.15) is 5.10 Å². The van der Waals surface area contributed by atoms with Crippen molar-refractivity contribution in [3.63, 3.8) is 0 Å². The van der Waals surface area contributed by atoms with Crippen molar-refractivity contribution in [1.29, 1.82) is 0 Å². The summed E-state index contributed by atoms with van der Waals surface area (Å²) in [7, 11) is 0. The molecule has 0 atom stereocenters. The monoisotopic (exact) mass is 237 g/mol. The van der Waals surface area contributed by atoms with Gasteiger partial charge in [0.2, 0.25) is 0 Å². The normalized spacial score (nSPS) is 11.6. The fraction of sp³-hybridized carbons (Fsp3) is 0.667. The lowest BCUT2D eigenvalue weighted by Crippen LogP contribution is -2.39. The summed E-state index contributed by atoms with van der Waals surface area (Å²) in [6.45, 7) is 9.66. The predicted molar refractivity (Wildman–Crippen MR) is 71.2 cm³/mol. The van der Waals surface area contributed by atoms with Crippen molar-refractivity contribution in [2.75, 3.05) is 19.6 Å². The molecule has 1 aromatic heterocycles. The largest absolute Gasteiger partial charge is 0.357 e. The van der Waals surface area contributed by atoms with E-state index in [1.54, 1.807) is 0 Å². The highest BCUT2D eigenvalue weighted by Gasteiger charge is 1.97. The summed E-state index contributed by atoms with van der Waals surface area (Å²) < 4.78 is 1.94. The maximum absolute atomic E-state index is 4.43. The van der Waals surface area contributed by atoms with Gasteiger partial charge in [0.1, 0.15) is 0 Å². The minimum atomic E-state index is 0.830. The first-order valence-electron chi connectivity index (χ1n) is 6.27. The molecule has 0 saturated heterocycles. The second kappa shape index (κ2) is 7.70. The van der Waals surface area contributed by atoms with Gasteiger partial charge < -0.3 is 10.6 Å². The van der Waals surface area contributed by atoms with Crippen LogP contribution in [-0.2, 0) is 6.54 Å². The maximum Gasteiger partial charge on any atom is 0.191 e. The number of aliphatic imine (C=N–C) groups is 1. The van der Waals surface area contributed by atoms with E-state index in [2.05, 4.69) is 34.6 Å². The lowest BCUT2D eigenvalue weighted by molar-refractivity contribution is 0.597. The smallest absolute Gasteiger partial charge is 0.191 e. The lowest BCUT2D eigenvalue weighted by atomic mass is 10.4. The molecule has 5 heteroatoms. The highest BCUT2D eigenvalue weighted by molar-refractivity contribution is 5.79. The minimum Gasteiger partial charge on any atom is -0.357 e. The van der Waals surface area contributed by atoms with Gasteiger partial charge in [-0.15, -0.1) is 0 Å². The molecule has 2 N–H and O–H groups in total. The average molecular weight is 237 g/mol. The van der Waals surface area contributed by atoms with Gasteiger partial charge >= 0.3 is 0 Å². The molecule has 0 fully saturated rings. The van der Waals surface area contributed by atoms with Gasteiger partial charge in [0.15, 0.2) is 5.96 Å². The summed E-state index contributed by atoms with van der Waals surface area (Å²) in [5.74, 6) is 0.887. The van der Waals surface area contributed by atoms with Gasteiger partial charge in [-0.3, -0.25) is 9.67 Å². The summed E-state index contributed by atoms with van der Waals surface area (Å²) in [6.07, 6.45) is 4.98. The van der Waals surface area contributed by atoms with E-state index in [-0.39, 0.29) is 0 Å². The highest BCUT2D eigenvalue weighted by atomic mass is 15.3. The first-order valence-corrected chi connectivity index (χ1v) is 6.27. The van der Waals surface area contributed by atoms with E-state index in [1.165, 1.54) is 5.56 Å². The van der Waals surface area contributed by atoms with Crippen molar-refractivity contribution in [2.24, 2.45) is 4.99 Å². The van der Waals surface area contributed by atoms with Crippen LogP contribution in [0.5, 0.6) is 0 Å². The third-order valence-corrected chi connectivity index (χ3v) is 2.23. The number of nitrogens with one attached hydrogen (secondary N) is 2. The van der Waals surface area contributed by atoms with E-state index in [0.29, 0.717) is 0 Å². The molecule has 0 amide bonds. The van der Waals surface area contributed by atoms with Crippen LogP contribution in [0.25, 0.3) is 0 Å². The molecular formula is C12H23N5. The quantitative estimate of drug-likeness (QED) is 0.576. The van der Waals surface area contributed by atoms with Crippen molar-refractivity contribution in [1.82, 2.24) is 20.4 Å². The maximum atomic E-state index is 4.43. The number of rotatable bonds is 6. The molecule has 0 bridgehead atoms. The van der Waals surface area contributed by atoms with Gasteiger partial charge in [-0.05, 0) is 25.8 Å². The number of aryl methyl sites for hydroxylation is 1. The summed E-state index contributed by atoms with van der Waals surface area (Å²) in [5.41, 5.74) is 1.19. The molecule has 17 heavy (non-hydrogen) atoms. The van der Waals surface area contributed by atoms with Crippen molar-refractivity contribution >= 4 is 5.96 Å². The number of guanidine groups is 1. The van der Waals surface area contributed by atoms with Crippen LogP contribution in [0.4, 0.5) is 0 Å². The summed E-state index contributed by atoms with van der Waals surface area (Å²) >= 11 is 0. The Morgan fingerprint density at radius 3 is 2.82 bits per heavy atom. The van der Waals surface area contributed by atoms with Crippen LogP contribution >= 0.6 is 0 Å². The van der Waals surface area contributed by atoms with Crippen LogP contribution < -0.4 is 10.6 Å². The number of hydrogen-bond donors (Lipinski definition) is 2. The van der Waals surface area contributed by atoms with Crippen LogP contribution in [0.15, 0.2) is 17.4 Å². The predicted octanol–water partition coefficient (Wildman–Crippen LogP) is 1.16. The van der Waals surface area contributed by atoms with Gasteiger partial charge in [0, 0.05) is 25.8 Å². The Kier molecular flexibility index (Phi) is 6.14. The zero-order chi connectivity index (χ0) is 12.5. The second-order valence-electron chi connectivity index (χ2n) is 3.97. The molecule has 5 nitrogen and oxygen atoms in total. The van der Waals surface area contributed by atoms with Crippen LogP contribution in [-0.4, -0.2) is 35.4 Å². The van der Waals surface area contributed by atoms with Gasteiger partial charge in [-0.1, -0.05) is 6.92 Å². The number of hydrogen-bond acceptors (Lipinski definition) is 2. The Morgan fingerprint density at radius 2 is 2.24 bits per heavy atom. The molecule has 0 unspecified atom stereocenters. The average Bonchev–Trinajstić information content (AvgIpc) is 2.72. The van der Waals surface area contributed by atoms with Crippen molar-refractivity contribution in [3.8, 4) is 0 Å². The van der Waals surface area contributed by atoms with Crippen molar-refractivity contribution in [3.05, 3.63) is 18.0 Å². The van der Waals surface area contributed by atoms with E-state index in [9.17, 15) is 0 Å². The first-order chi connectivity index (χ1) is 8.26. The van der Waals surface area contributed by atoms with Gasteiger partial charge in [0.05, 0.1) is 12.7 Å². The molecule has 1 heterocycles. The Hall–Kier alpha value is -1.52. The SMILES string of the molecule is CCCN=C(NCC)NCCn1cc(C)cn1. The Morgan fingerprint density at radius 1 is 1.41 bits per heavy atom. The first kappa shape index (κ1) is 13.5. The third-order valence-electron chi connectivity index (χ3n) is 2.23. The fourth-order valence-electron chi connectivity index (χ4n) is 1.44. The van der Waals surface area contributed by atoms with Crippen LogP contribution in [0.3, 0.4) is 0 Å². The Labute approximate surface area is 103 Å². The van der Waals surface area contributed by atoms with Crippen molar-refractivity contribution in [2.45, 2.75) is 33.7 Å². The molecule has 0 aliphatic rings. The zero-order valence-corrected chi connectivity index (χ0v) is 11.0. The molecule has 0 aromatic carbocycles. The van der Waals surface area contributed by atoms with E-state index in [0.717, 1.165) is 38.6 Å². The van der Waals surface area contributed by atoms with E-state index in [4.69, 9.17) is 0 Å². The molecule has 0 radical (unpaired) electrons. The highest BCUT2D eigenvalue weighted by Crippen LogP contribution is 1.92. The lowest BCUT2D eigenvalue weighted by Gasteiger charge is -2.10. The van der Waals surface area contributed by atoms with Crippen LogP contribution in [0.1, 0.15) is 25.8 Å². The standard InChI is InChI=1S/C12H23N5/c1-4-6-14-12(13-5-2)15-7-8-17-10-11(3)9-16-17/h9-10H,4-8H2,1-3H3,(H2,13,14,15). The Balaban J connectivity index is 2.31. The van der Waals surface area contributed by atoms with E-state index in [1.807, 2.05) is 24.0 Å². The molecule has 0 aliphatic heterocycles. The van der Waals surface area contributed by atoms with E-state index < -0.39 is 0 Å². The third kappa shape index (κ3) is 5.38. The molecule has 0 spiro atoms. The van der Waals surface area contributed by atoms with Gasteiger partial charge in [0.25, 0.3) is 0 Å². The fourth-order valence-corrected chi connectivity index (χ4v) is 1.44. The van der Waals surface area contributed by atoms with Gasteiger partial charge in [-0.25, -0.2) is 0 Å². The molecule has 0 aliphatic carbocycles.